The Bertz CT molecular complexity index is 1810. The smallest absolute Gasteiger partial charge is 0.258 e. The van der Waals surface area contributed by atoms with Gasteiger partial charge < -0.3 is 4.57 Å². The van der Waals surface area contributed by atoms with Crippen molar-refractivity contribution in [2.45, 2.75) is 0 Å². The van der Waals surface area contributed by atoms with Crippen LogP contribution in [0.2, 0.25) is 0 Å². The highest BCUT2D eigenvalue weighted by molar-refractivity contribution is 7.16. The van der Waals surface area contributed by atoms with Gasteiger partial charge in [-0.15, -0.1) is 0 Å². The fourth-order valence-electron chi connectivity index (χ4n) is 6.48. The second kappa shape index (κ2) is 7.26. The third-order valence-electron chi connectivity index (χ3n) is 7.88. The summed E-state index contributed by atoms with van der Waals surface area (Å²) in [5.74, 6) is 0. The third kappa shape index (κ3) is 2.43. The third-order valence-corrected chi connectivity index (χ3v) is 12.6. The second-order valence-corrected chi connectivity index (χ2v) is 13.1. The fraction of sp³-hybridized carbons (Fsp3) is 0. The number of para-hydroxylation sites is 1. The highest BCUT2D eigenvalue weighted by atomic mass is 28.3. The van der Waals surface area contributed by atoms with Gasteiger partial charge >= 0.3 is 0 Å². The van der Waals surface area contributed by atoms with Gasteiger partial charge in [0.15, 0.2) is 0 Å². The first-order chi connectivity index (χ1) is 17.9. The molecule has 168 valence electrons. The van der Waals surface area contributed by atoms with Gasteiger partial charge in [-0.25, -0.2) is 0 Å². The van der Waals surface area contributed by atoms with Gasteiger partial charge in [0.1, 0.15) is 0 Å². The topological polar surface area (TPSA) is 16.1 Å². The van der Waals surface area contributed by atoms with Crippen molar-refractivity contribution in [3.8, 4) is 22.3 Å². The van der Waals surface area contributed by atoms with Crippen molar-refractivity contribution in [1.29, 1.82) is 0 Å². The Morgan fingerprint density at radius 1 is 0.500 bits per heavy atom. The summed E-state index contributed by atoms with van der Waals surface area (Å²) in [7, 11) is -2.73. The minimum absolute atomic E-state index is 1.20. The predicted molar refractivity (Wildman–Crippen MR) is 152 cm³/mol. The summed E-state index contributed by atoms with van der Waals surface area (Å²) in [6, 6.07) is 45.0. The average Bonchev–Trinajstić information content (AvgIpc) is 2.96. The van der Waals surface area contributed by atoms with Crippen LogP contribution in [0.4, 0.5) is 11.4 Å². The second-order valence-electron chi connectivity index (χ2n) is 9.61. The summed E-state index contributed by atoms with van der Waals surface area (Å²) in [6.45, 7) is 0. The maximum atomic E-state index is 4.56. The Morgan fingerprint density at radius 2 is 1.17 bits per heavy atom. The van der Waals surface area contributed by atoms with E-state index in [2.05, 4.69) is 131 Å². The van der Waals surface area contributed by atoms with Gasteiger partial charge in [-0.1, -0.05) is 103 Å². The summed E-state index contributed by atoms with van der Waals surface area (Å²) in [6.07, 6.45) is 3.98. The predicted octanol–water partition coefficient (Wildman–Crippen LogP) is 6.00. The molecule has 0 fully saturated rings. The normalized spacial score (nSPS) is 16.9. The van der Waals surface area contributed by atoms with Crippen LogP contribution >= 0.6 is 0 Å². The van der Waals surface area contributed by atoms with Gasteiger partial charge in [-0.3, -0.25) is 4.98 Å². The van der Waals surface area contributed by atoms with E-state index < -0.39 is 8.24 Å². The largest absolute Gasteiger partial charge is 0.355 e. The van der Waals surface area contributed by atoms with Crippen molar-refractivity contribution in [2.75, 3.05) is 4.57 Å². The van der Waals surface area contributed by atoms with Gasteiger partial charge in [0.25, 0.3) is 8.24 Å². The first-order valence-electron chi connectivity index (χ1n) is 12.4. The summed E-state index contributed by atoms with van der Waals surface area (Å²) in [4.78, 5) is 4.56. The number of rotatable bonds is 1. The Kier molecular flexibility index (Phi) is 3.99. The minimum atomic E-state index is -2.73. The zero-order valence-corrected chi connectivity index (χ0v) is 20.6. The number of benzene rings is 5. The lowest BCUT2D eigenvalue weighted by Crippen LogP contribution is -2.79. The SMILES string of the molecule is c1ccc([Si]23c4ccccc4-c4cnccc4N2c2ccccc2-c2cc4ccccc4cc23)cc1. The van der Waals surface area contributed by atoms with E-state index in [4.69, 9.17) is 0 Å². The lowest BCUT2D eigenvalue weighted by molar-refractivity contribution is 1.26. The van der Waals surface area contributed by atoms with Crippen molar-refractivity contribution < 1.29 is 0 Å². The molecule has 2 nitrogen and oxygen atoms in total. The van der Waals surface area contributed by atoms with Crippen LogP contribution in [-0.4, -0.2) is 13.2 Å². The summed E-state index contributed by atoms with van der Waals surface area (Å²) < 4.78 is 2.70. The molecule has 0 saturated carbocycles. The van der Waals surface area contributed by atoms with Crippen molar-refractivity contribution >= 4 is 45.9 Å². The van der Waals surface area contributed by atoms with Crippen LogP contribution in [-0.2, 0) is 0 Å². The van der Waals surface area contributed by atoms with E-state index in [0.717, 1.165) is 0 Å². The maximum Gasteiger partial charge on any atom is 0.258 e. The molecule has 6 aromatic rings. The molecule has 3 heterocycles. The van der Waals surface area contributed by atoms with E-state index >= 15 is 0 Å². The van der Waals surface area contributed by atoms with Gasteiger partial charge in [-0.05, 0) is 55.7 Å². The monoisotopic (exact) mass is 474 g/mol. The zero-order valence-electron chi connectivity index (χ0n) is 19.6. The van der Waals surface area contributed by atoms with Crippen LogP contribution in [0.1, 0.15) is 0 Å². The number of pyridine rings is 1. The Balaban J connectivity index is 1.65. The maximum absolute atomic E-state index is 4.56. The van der Waals surface area contributed by atoms with E-state index in [-0.39, 0.29) is 0 Å². The molecule has 0 amide bonds. The molecule has 3 heteroatoms. The van der Waals surface area contributed by atoms with Crippen molar-refractivity contribution in [3.05, 3.63) is 134 Å². The lowest BCUT2D eigenvalue weighted by atomic mass is 9.98. The molecule has 0 aliphatic carbocycles. The molecule has 0 bridgehead atoms. The standard InChI is InChI=1S/C33H22N2Si/c1-2-12-25(13-3-1)36-32-17-9-7-15-27(32)29-22-34-19-18-31(29)35(36)30-16-8-6-14-26(30)28-20-23-10-4-5-11-24(23)21-33(28)36/h1-22H. The van der Waals surface area contributed by atoms with Crippen molar-refractivity contribution in [3.63, 3.8) is 0 Å². The van der Waals surface area contributed by atoms with E-state index in [1.54, 1.807) is 0 Å². The fourth-order valence-corrected chi connectivity index (χ4v) is 11.8. The van der Waals surface area contributed by atoms with Gasteiger partial charge in [-0.2, -0.15) is 0 Å². The zero-order chi connectivity index (χ0) is 23.7. The molecule has 0 spiro atoms. The van der Waals surface area contributed by atoms with E-state index in [1.807, 2.05) is 12.4 Å². The molecule has 0 radical (unpaired) electrons. The highest BCUT2D eigenvalue weighted by Gasteiger charge is 2.54. The van der Waals surface area contributed by atoms with E-state index in [9.17, 15) is 0 Å². The Morgan fingerprint density at radius 3 is 2.03 bits per heavy atom. The summed E-state index contributed by atoms with van der Waals surface area (Å²) in [5, 5.41) is 6.83. The molecule has 1 aromatic heterocycles. The molecule has 0 saturated heterocycles. The number of fused-ring (bicyclic) bond motifs is 12. The quantitative estimate of drug-likeness (QED) is 0.272. The van der Waals surface area contributed by atoms with Crippen molar-refractivity contribution in [2.24, 2.45) is 0 Å². The molecular formula is C33H22N2Si. The van der Waals surface area contributed by atoms with Crippen LogP contribution < -0.4 is 20.1 Å². The molecule has 1 unspecified atom stereocenters. The van der Waals surface area contributed by atoms with Gasteiger partial charge in [0, 0.05) is 34.9 Å². The number of hydrogen-bond acceptors (Lipinski definition) is 2. The molecule has 1 atom stereocenters. The van der Waals surface area contributed by atoms with Gasteiger partial charge in [0.05, 0.1) is 0 Å². The molecular weight excluding hydrogens is 452 g/mol. The highest BCUT2D eigenvalue weighted by Crippen LogP contribution is 2.49. The molecule has 2 aliphatic rings. The molecule has 0 N–H and O–H groups in total. The Labute approximate surface area is 211 Å². The van der Waals surface area contributed by atoms with E-state index in [0.29, 0.717) is 0 Å². The minimum Gasteiger partial charge on any atom is -0.355 e. The molecule has 5 aromatic carbocycles. The summed E-state index contributed by atoms with van der Waals surface area (Å²) in [5.41, 5.74) is 7.66. The van der Waals surface area contributed by atoms with Crippen LogP contribution in [0.3, 0.4) is 0 Å². The number of nitrogens with zero attached hydrogens (tertiary/aromatic N) is 2. The Hall–Kier alpha value is -4.47. The van der Waals surface area contributed by atoms with Crippen LogP contribution in [0.5, 0.6) is 0 Å². The van der Waals surface area contributed by atoms with Crippen LogP contribution in [0.25, 0.3) is 33.0 Å². The summed E-state index contributed by atoms with van der Waals surface area (Å²) >= 11 is 0. The van der Waals surface area contributed by atoms with Crippen molar-refractivity contribution in [1.82, 2.24) is 4.98 Å². The first kappa shape index (κ1) is 19.8. The van der Waals surface area contributed by atoms with Gasteiger partial charge in [0.2, 0.25) is 0 Å². The molecule has 8 rings (SSSR count). The van der Waals surface area contributed by atoms with E-state index in [1.165, 1.54) is 60.0 Å². The average molecular weight is 475 g/mol. The van der Waals surface area contributed by atoms with Crippen LogP contribution in [0, 0.1) is 0 Å². The van der Waals surface area contributed by atoms with Crippen LogP contribution in [0.15, 0.2) is 134 Å². The number of anilines is 2. The lowest BCUT2D eigenvalue weighted by Gasteiger charge is -2.52. The number of aromatic nitrogens is 1. The first-order valence-corrected chi connectivity index (χ1v) is 14.3. The number of hydrogen-bond donors (Lipinski definition) is 0. The molecule has 36 heavy (non-hydrogen) atoms. The molecule has 2 aliphatic heterocycles.